The number of aromatic nitrogens is 2. The van der Waals surface area contributed by atoms with E-state index in [1.807, 2.05) is 60.7 Å². The van der Waals surface area contributed by atoms with Crippen LogP contribution < -0.4 is 11.2 Å². The lowest BCUT2D eigenvalue weighted by atomic mass is 10.0. The molecule has 2 heterocycles. The van der Waals surface area contributed by atoms with Gasteiger partial charge in [0.1, 0.15) is 5.58 Å². The first-order valence-electron chi connectivity index (χ1n) is 10.7. The van der Waals surface area contributed by atoms with E-state index in [1.165, 1.54) is 11.8 Å². The van der Waals surface area contributed by atoms with Gasteiger partial charge in [0.05, 0.1) is 10.9 Å². The molecule has 0 radical (unpaired) electrons. The second-order valence-corrected chi connectivity index (χ2v) is 8.70. The zero-order valence-corrected chi connectivity index (χ0v) is 18.5. The van der Waals surface area contributed by atoms with Crippen LogP contribution in [0.1, 0.15) is 25.3 Å². The van der Waals surface area contributed by atoms with Crippen LogP contribution in [0.5, 0.6) is 0 Å². The minimum atomic E-state index is -0.377. The van der Waals surface area contributed by atoms with E-state index in [4.69, 9.17) is 9.40 Å². The zero-order chi connectivity index (χ0) is 22.1. The Morgan fingerprint density at radius 1 is 0.969 bits per heavy atom. The molecule has 0 aliphatic heterocycles. The number of hydrogen-bond acceptors (Lipinski definition) is 5. The van der Waals surface area contributed by atoms with Crippen molar-refractivity contribution in [1.29, 1.82) is 0 Å². The third-order valence-corrected chi connectivity index (χ3v) is 6.66. The van der Waals surface area contributed by atoms with Crippen LogP contribution in [-0.4, -0.2) is 9.55 Å². The number of rotatable bonds is 6. The van der Waals surface area contributed by atoms with Crippen LogP contribution >= 0.6 is 11.8 Å². The minimum absolute atomic E-state index is 0.0190. The van der Waals surface area contributed by atoms with Gasteiger partial charge in [-0.3, -0.25) is 9.36 Å². The summed E-state index contributed by atoms with van der Waals surface area (Å²) < 4.78 is 7.25. The van der Waals surface area contributed by atoms with Gasteiger partial charge in [-0.05, 0) is 41.0 Å². The molecule has 0 N–H and O–H groups in total. The molecule has 0 amide bonds. The van der Waals surface area contributed by atoms with E-state index in [2.05, 4.69) is 6.92 Å². The molecule has 2 aromatic heterocycles. The van der Waals surface area contributed by atoms with E-state index in [9.17, 15) is 9.59 Å². The molecule has 5 nitrogen and oxygen atoms in total. The Bertz CT molecular complexity index is 1570. The number of para-hydroxylation sites is 1. The Morgan fingerprint density at radius 2 is 1.75 bits per heavy atom. The molecule has 0 saturated heterocycles. The maximum Gasteiger partial charge on any atom is 0.336 e. The third kappa shape index (κ3) is 3.71. The number of benzene rings is 3. The summed E-state index contributed by atoms with van der Waals surface area (Å²) in [5.41, 5.74) is 1.74. The molecule has 6 heteroatoms. The number of unbranched alkanes of at least 4 members (excludes halogenated alkanes) is 1. The molecular weight excluding hydrogens is 420 g/mol. The van der Waals surface area contributed by atoms with Crippen molar-refractivity contribution in [3.05, 3.63) is 93.1 Å². The van der Waals surface area contributed by atoms with Crippen molar-refractivity contribution in [2.24, 2.45) is 0 Å². The van der Waals surface area contributed by atoms with Crippen LogP contribution in [0.2, 0.25) is 0 Å². The van der Waals surface area contributed by atoms with Gasteiger partial charge >= 0.3 is 5.63 Å². The Labute approximate surface area is 188 Å². The van der Waals surface area contributed by atoms with Crippen molar-refractivity contribution in [3.8, 4) is 0 Å². The monoisotopic (exact) mass is 442 g/mol. The molecule has 0 fully saturated rings. The molecule has 0 atom stereocenters. The van der Waals surface area contributed by atoms with E-state index in [0.29, 0.717) is 33.9 Å². The highest BCUT2D eigenvalue weighted by atomic mass is 32.2. The van der Waals surface area contributed by atoms with Gasteiger partial charge in [0.2, 0.25) is 0 Å². The number of nitrogens with zero attached hydrogens (tertiary/aromatic N) is 2. The van der Waals surface area contributed by atoms with Crippen molar-refractivity contribution < 1.29 is 4.42 Å². The summed E-state index contributed by atoms with van der Waals surface area (Å²) in [6.45, 7) is 2.73. The highest BCUT2D eigenvalue weighted by Gasteiger charge is 2.14. The van der Waals surface area contributed by atoms with Gasteiger partial charge in [-0.1, -0.05) is 67.6 Å². The molecule has 5 rings (SSSR count). The topological polar surface area (TPSA) is 65.1 Å². The molecule has 0 spiro atoms. The standard InChI is InChI=1S/C26H22N2O3S/c1-2-3-14-28-25(30)20-10-6-7-11-21(20)27-26(28)32-16-18-15-23(29)31-22-13-12-17-8-4-5-9-19(17)24(18)22/h4-13,15H,2-3,14,16H2,1H3. The van der Waals surface area contributed by atoms with Gasteiger partial charge in [0, 0.05) is 23.8 Å². The van der Waals surface area contributed by atoms with Crippen LogP contribution in [0.25, 0.3) is 32.6 Å². The first kappa shape index (κ1) is 20.5. The Morgan fingerprint density at radius 3 is 2.59 bits per heavy atom. The van der Waals surface area contributed by atoms with E-state index in [0.717, 1.165) is 34.6 Å². The molecule has 160 valence electrons. The van der Waals surface area contributed by atoms with Crippen molar-refractivity contribution in [2.45, 2.75) is 37.2 Å². The Kier molecular flexibility index (Phi) is 5.53. The Hall–Kier alpha value is -3.38. The molecule has 0 aliphatic carbocycles. The summed E-state index contributed by atoms with van der Waals surface area (Å²) >= 11 is 1.48. The summed E-state index contributed by atoms with van der Waals surface area (Å²) in [6.07, 6.45) is 1.88. The van der Waals surface area contributed by atoms with Gasteiger partial charge in [-0.25, -0.2) is 9.78 Å². The molecular formula is C26H22N2O3S. The lowest BCUT2D eigenvalue weighted by Gasteiger charge is -2.13. The maximum absolute atomic E-state index is 13.2. The van der Waals surface area contributed by atoms with Crippen molar-refractivity contribution in [3.63, 3.8) is 0 Å². The second kappa shape index (κ2) is 8.63. The first-order valence-corrected chi connectivity index (χ1v) is 11.7. The highest BCUT2D eigenvalue weighted by Crippen LogP contribution is 2.31. The zero-order valence-electron chi connectivity index (χ0n) is 17.7. The van der Waals surface area contributed by atoms with Gasteiger partial charge < -0.3 is 4.42 Å². The predicted molar refractivity (Wildman–Crippen MR) is 130 cm³/mol. The normalized spacial score (nSPS) is 11.5. The van der Waals surface area contributed by atoms with Gasteiger partial charge in [0.25, 0.3) is 5.56 Å². The molecule has 5 aromatic rings. The van der Waals surface area contributed by atoms with Crippen LogP contribution in [0.3, 0.4) is 0 Å². The predicted octanol–water partition coefficient (Wildman–Crippen LogP) is 5.75. The minimum Gasteiger partial charge on any atom is -0.423 e. The summed E-state index contributed by atoms with van der Waals surface area (Å²) in [5.74, 6) is 0.507. The smallest absolute Gasteiger partial charge is 0.336 e. The lowest BCUT2D eigenvalue weighted by Crippen LogP contribution is -2.23. The van der Waals surface area contributed by atoms with E-state index >= 15 is 0 Å². The van der Waals surface area contributed by atoms with E-state index in [1.54, 1.807) is 10.6 Å². The van der Waals surface area contributed by atoms with Crippen LogP contribution in [0, 0.1) is 0 Å². The van der Waals surface area contributed by atoms with Crippen molar-refractivity contribution >= 4 is 44.4 Å². The summed E-state index contributed by atoms with van der Waals surface area (Å²) in [5, 5.41) is 4.36. The van der Waals surface area contributed by atoms with Gasteiger partial charge in [0.15, 0.2) is 5.16 Å². The summed E-state index contributed by atoms with van der Waals surface area (Å²) in [7, 11) is 0. The lowest BCUT2D eigenvalue weighted by molar-refractivity contribution is 0.557. The van der Waals surface area contributed by atoms with E-state index < -0.39 is 0 Å². The fourth-order valence-electron chi connectivity index (χ4n) is 4.05. The van der Waals surface area contributed by atoms with Gasteiger partial charge in [-0.15, -0.1) is 0 Å². The van der Waals surface area contributed by atoms with Crippen LogP contribution in [0.15, 0.2) is 85.9 Å². The number of fused-ring (bicyclic) bond motifs is 4. The summed E-state index contributed by atoms with van der Waals surface area (Å²) in [4.78, 5) is 30.2. The van der Waals surface area contributed by atoms with Crippen molar-refractivity contribution in [1.82, 2.24) is 9.55 Å². The van der Waals surface area contributed by atoms with Crippen LogP contribution in [-0.2, 0) is 12.3 Å². The quantitative estimate of drug-likeness (QED) is 0.145. The fourth-order valence-corrected chi connectivity index (χ4v) is 5.05. The molecule has 0 unspecified atom stereocenters. The molecule has 0 aliphatic rings. The fraction of sp³-hybridized carbons (Fsp3) is 0.192. The Balaban J connectivity index is 1.62. The SMILES string of the molecule is CCCCn1c(SCc2cc(=O)oc3ccc4ccccc4c23)nc2ccccc2c1=O. The third-order valence-electron chi connectivity index (χ3n) is 5.63. The highest BCUT2D eigenvalue weighted by molar-refractivity contribution is 7.98. The average Bonchev–Trinajstić information content (AvgIpc) is 2.81. The van der Waals surface area contributed by atoms with Crippen molar-refractivity contribution in [2.75, 3.05) is 0 Å². The number of thioether (sulfide) groups is 1. The second-order valence-electron chi connectivity index (χ2n) is 7.76. The molecule has 32 heavy (non-hydrogen) atoms. The molecule has 0 saturated carbocycles. The number of hydrogen-bond donors (Lipinski definition) is 0. The van der Waals surface area contributed by atoms with Gasteiger partial charge in [-0.2, -0.15) is 0 Å². The van der Waals surface area contributed by atoms with Crippen LogP contribution in [0.4, 0.5) is 0 Å². The first-order chi connectivity index (χ1) is 15.7. The maximum atomic E-state index is 13.2. The summed E-state index contributed by atoms with van der Waals surface area (Å²) in [6, 6.07) is 20.9. The average molecular weight is 443 g/mol. The largest absolute Gasteiger partial charge is 0.423 e. The van der Waals surface area contributed by atoms with E-state index in [-0.39, 0.29) is 11.2 Å². The molecule has 0 bridgehead atoms. The molecule has 3 aromatic carbocycles.